The molecule has 0 bridgehead atoms. The van der Waals surface area contributed by atoms with Crippen LogP contribution in [-0.4, -0.2) is 51.0 Å². The number of para-hydroxylation sites is 1. The van der Waals surface area contributed by atoms with E-state index in [1.165, 1.54) is 11.8 Å². The first-order chi connectivity index (χ1) is 11.9. The minimum Gasteiger partial charge on any atom is -0.378 e. The van der Waals surface area contributed by atoms with Crippen molar-refractivity contribution >= 4 is 28.6 Å². The van der Waals surface area contributed by atoms with Crippen LogP contribution in [0.5, 0.6) is 0 Å². The van der Waals surface area contributed by atoms with Gasteiger partial charge in [-0.05, 0) is 24.8 Å². The van der Waals surface area contributed by atoms with Gasteiger partial charge < -0.3 is 9.64 Å². The summed E-state index contributed by atoms with van der Waals surface area (Å²) < 4.78 is 7.56. The van der Waals surface area contributed by atoms with E-state index in [0.717, 1.165) is 59.9 Å². The summed E-state index contributed by atoms with van der Waals surface area (Å²) >= 11 is 1.53. The van der Waals surface area contributed by atoms with E-state index < -0.39 is 0 Å². The second-order valence-electron chi connectivity index (χ2n) is 5.42. The van der Waals surface area contributed by atoms with Gasteiger partial charge in [-0.1, -0.05) is 18.2 Å². The van der Waals surface area contributed by atoms with Crippen LogP contribution in [0.3, 0.4) is 0 Å². The molecule has 3 heterocycles. The van der Waals surface area contributed by atoms with Crippen molar-refractivity contribution in [3.8, 4) is 0 Å². The topological polar surface area (TPSA) is 69.0 Å². The Labute approximate surface area is 144 Å². The number of hydrogen-bond acceptors (Lipinski definition) is 7. The van der Waals surface area contributed by atoms with Crippen LogP contribution in [0, 0.1) is 0 Å². The van der Waals surface area contributed by atoms with Crippen LogP contribution in [-0.2, 0) is 11.3 Å². The summed E-state index contributed by atoms with van der Waals surface area (Å²) in [5.74, 6) is 0.904. The zero-order valence-electron chi connectivity index (χ0n) is 13.4. The Morgan fingerprint density at radius 3 is 2.79 bits per heavy atom. The van der Waals surface area contributed by atoms with Gasteiger partial charge in [-0.25, -0.2) is 9.97 Å². The number of rotatable bonds is 4. The van der Waals surface area contributed by atoms with E-state index in [0.29, 0.717) is 0 Å². The van der Waals surface area contributed by atoms with Crippen molar-refractivity contribution in [1.82, 2.24) is 24.7 Å². The Kier molecular flexibility index (Phi) is 4.31. The molecule has 2 aromatic heterocycles. The van der Waals surface area contributed by atoms with Gasteiger partial charge in [0, 0.05) is 25.0 Å². The molecule has 0 unspecified atom stereocenters. The molecule has 1 saturated heterocycles. The van der Waals surface area contributed by atoms with Gasteiger partial charge in [-0.15, -0.1) is 10.2 Å². The summed E-state index contributed by atoms with van der Waals surface area (Å²) in [6.07, 6.45) is 1.60. The molecule has 1 fully saturated rings. The van der Waals surface area contributed by atoms with Crippen LogP contribution >= 0.6 is 11.8 Å². The van der Waals surface area contributed by atoms with E-state index in [-0.39, 0.29) is 0 Å². The number of hydrogen-bond donors (Lipinski definition) is 0. The van der Waals surface area contributed by atoms with E-state index in [4.69, 9.17) is 4.74 Å². The van der Waals surface area contributed by atoms with Gasteiger partial charge in [0.25, 0.3) is 0 Å². The zero-order valence-corrected chi connectivity index (χ0v) is 14.2. The molecule has 0 aliphatic carbocycles. The molecule has 1 aliphatic heterocycles. The molecule has 0 spiro atoms. The Morgan fingerprint density at radius 1 is 1.12 bits per heavy atom. The van der Waals surface area contributed by atoms with Crippen molar-refractivity contribution in [2.24, 2.45) is 0 Å². The number of anilines is 1. The average Bonchev–Trinajstić information content (AvgIpc) is 3.05. The molecule has 124 valence electrons. The number of morpholine rings is 1. The Hall–Kier alpha value is -2.19. The lowest BCUT2D eigenvalue weighted by molar-refractivity contribution is 0.121. The average molecular weight is 342 g/mol. The fourth-order valence-corrected chi connectivity index (χ4v) is 3.74. The fourth-order valence-electron chi connectivity index (χ4n) is 2.78. The molecular weight excluding hydrogens is 324 g/mol. The summed E-state index contributed by atoms with van der Waals surface area (Å²) in [5, 5.41) is 11.6. The maximum atomic E-state index is 5.42. The predicted molar refractivity (Wildman–Crippen MR) is 92.4 cm³/mol. The summed E-state index contributed by atoms with van der Waals surface area (Å²) in [6, 6.07) is 8.01. The standard InChI is InChI=1S/C16H18N6OS/c1-2-22-15(21-7-9-23-10-8-21)19-20-16(22)24-14-12-5-3-4-6-13(12)17-11-18-14/h3-6,11H,2,7-10H2,1H3. The molecule has 0 amide bonds. The van der Waals surface area contributed by atoms with Crippen LogP contribution in [0.4, 0.5) is 5.95 Å². The lowest BCUT2D eigenvalue weighted by Gasteiger charge is -2.27. The van der Waals surface area contributed by atoms with Crippen molar-refractivity contribution < 1.29 is 4.74 Å². The second kappa shape index (κ2) is 6.74. The Bertz CT molecular complexity index is 840. The van der Waals surface area contributed by atoms with E-state index in [1.807, 2.05) is 24.3 Å². The Morgan fingerprint density at radius 2 is 1.96 bits per heavy atom. The molecule has 0 atom stereocenters. The van der Waals surface area contributed by atoms with Gasteiger partial charge >= 0.3 is 0 Å². The second-order valence-corrected chi connectivity index (χ2v) is 6.38. The van der Waals surface area contributed by atoms with Gasteiger partial charge in [0.15, 0.2) is 5.16 Å². The van der Waals surface area contributed by atoms with Crippen molar-refractivity contribution in [3.63, 3.8) is 0 Å². The molecular formula is C16H18N6OS. The molecule has 7 nitrogen and oxygen atoms in total. The number of fused-ring (bicyclic) bond motifs is 1. The highest BCUT2D eigenvalue weighted by atomic mass is 32.2. The number of ether oxygens (including phenoxy) is 1. The predicted octanol–water partition coefficient (Wildman–Crippen LogP) is 2.23. The first-order valence-electron chi connectivity index (χ1n) is 8.00. The molecule has 0 radical (unpaired) electrons. The molecule has 0 N–H and O–H groups in total. The van der Waals surface area contributed by atoms with E-state index in [9.17, 15) is 0 Å². The normalized spacial score (nSPS) is 15.1. The Balaban J connectivity index is 1.68. The third-order valence-electron chi connectivity index (χ3n) is 4.00. The minimum atomic E-state index is 0.732. The van der Waals surface area contributed by atoms with Crippen LogP contribution in [0.15, 0.2) is 40.8 Å². The van der Waals surface area contributed by atoms with Gasteiger partial charge in [0.05, 0.1) is 18.7 Å². The quantitative estimate of drug-likeness (QED) is 0.673. The highest BCUT2D eigenvalue weighted by Crippen LogP contribution is 2.31. The summed E-state index contributed by atoms with van der Waals surface area (Å²) in [4.78, 5) is 11.0. The lowest BCUT2D eigenvalue weighted by atomic mass is 10.2. The maximum Gasteiger partial charge on any atom is 0.228 e. The summed E-state index contributed by atoms with van der Waals surface area (Å²) in [5.41, 5.74) is 0.936. The maximum absolute atomic E-state index is 5.42. The minimum absolute atomic E-state index is 0.732. The summed E-state index contributed by atoms with van der Waals surface area (Å²) in [7, 11) is 0. The van der Waals surface area contributed by atoms with Crippen molar-refractivity contribution in [3.05, 3.63) is 30.6 Å². The van der Waals surface area contributed by atoms with Gasteiger partial charge in [0.2, 0.25) is 5.95 Å². The first kappa shape index (κ1) is 15.3. The molecule has 0 saturated carbocycles. The van der Waals surface area contributed by atoms with Crippen molar-refractivity contribution in [2.75, 3.05) is 31.2 Å². The molecule has 24 heavy (non-hydrogen) atoms. The molecule has 4 rings (SSSR count). The molecule has 8 heteroatoms. The lowest BCUT2D eigenvalue weighted by Crippen LogP contribution is -2.38. The van der Waals surface area contributed by atoms with Gasteiger partial charge in [0.1, 0.15) is 11.4 Å². The van der Waals surface area contributed by atoms with Crippen LogP contribution in [0.2, 0.25) is 0 Å². The molecule has 1 aliphatic rings. The van der Waals surface area contributed by atoms with Crippen molar-refractivity contribution in [1.29, 1.82) is 0 Å². The van der Waals surface area contributed by atoms with Crippen LogP contribution in [0.1, 0.15) is 6.92 Å². The van der Waals surface area contributed by atoms with Crippen LogP contribution < -0.4 is 4.90 Å². The number of aromatic nitrogens is 5. The largest absolute Gasteiger partial charge is 0.378 e. The van der Waals surface area contributed by atoms with E-state index in [1.54, 1.807) is 6.33 Å². The third-order valence-corrected chi connectivity index (χ3v) is 5.00. The van der Waals surface area contributed by atoms with E-state index >= 15 is 0 Å². The SMILES string of the molecule is CCn1c(Sc2ncnc3ccccc23)nnc1N1CCOCC1. The monoisotopic (exact) mass is 342 g/mol. The summed E-state index contributed by atoms with van der Waals surface area (Å²) in [6.45, 7) is 6.07. The fraction of sp³-hybridized carbons (Fsp3) is 0.375. The van der Waals surface area contributed by atoms with Gasteiger partial charge in [-0.3, -0.25) is 4.57 Å². The number of benzene rings is 1. The van der Waals surface area contributed by atoms with Crippen molar-refractivity contribution in [2.45, 2.75) is 23.7 Å². The molecule has 3 aromatic rings. The highest BCUT2D eigenvalue weighted by molar-refractivity contribution is 7.99. The van der Waals surface area contributed by atoms with Crippen LogP contribution in [0.25, 0.3) is 10.9 Å². The van der Waals surface area contributed by atoms with E-state index in [2.05, 4.69) is 36.6 Å². The highest BCUT2D eigenvalue weighted by Gasteiger charge is 2.20. The van der Waals surface area contributed by atoms with Gasteiger partial charge in [-0.2, -0.15) is 0 Å². The molecule has 1 aromatic carbocycles. The third kappa shape index (κ3) is 2.83. The zero-order chi connectivity index (χ0) is 16.4. The first-order valence-corrected chi connectivity index (χ1v) is 8.82. The number of nitrogens with zero attached hydrogens (tertiary/aromatic N) is 6. The smallest absolute Gasteiger partial charge is 0.228 e.